The molecule has 1 amide bonds. The Morgan fingerprint density at radius 3 is 2.26 bits per heavy atom. The summed E-state index contributed by atoms with van der Waals surface area (Å²) >= 11 is 0. The SMILES string of the molecule is CS(=O)(=O)N[C@H](CC(=O)N1CCCCCC1)c1ccc(F)cc1. The number of carbonyl (C=O) groups excluding carboxylic acids is 1. The Kier molecular flexibility index (Phi) is 6.12. The predicted molar refractivity (Wildman–Crippen MR) is 86.8 cm³/mol. The van der Waals surface area contributed by atoms with E-state index in [2.05, 4.69) is 4.72 Å². The van der Waals surface area contributed by atoms with Gasteiger partial charge in [0.2, 0.25) is 15.9 Å². The monoisotopic (exact) mass is 342 g/mol. The lowest BCUT2D eigenvalue weighted by molar-refractivity contribution is -0.131. The van der Waals surface area contributed by atoms with Crippen LogP contribution in [0, 0.1) is 5.82 Å². The largest absolute Gasteiger partial charge is 0.343 e. The number of halogens is 1. The topological polar surface area (TPSA) is 66.5 Å². The molecule has 0 bridgehead atoms. The first-order valence-corrected chi connectivity index (χ1v) is 9.75. The normalized spacial score (nSPS) is 17.6. The molecule has 128 valence electrons. The Balaban J connectivity index is 2.13. The minimum Gasteiger partial charge on any atom is -0.343 e. The third kappa shape index (κ3) is 5.91. The third-order valence-electron chi connectivity index (χ3n) is 3.97. The van der Waals surface area contributed by atoms with E-state index in [1.165, 1.54) is 24.3 Å². The van der Waals surface area contributed by atoms with Crippen molar-refractivity contribution in [1.29, 1.82) is 0 Å². The summed E-state index contributed by atoms with van der Waals surface area (Å²) in [6.07, 6.45) is 5.29. The van der Waals surface area contributed by atoms with Gasteiger partial charge in [0, 0.05) is 19.5 Å². The zero-order valence-corrected chi connectivity index (χ0v) is 14.1. The molecule has 1 atom stereocenters. The van der Waals surface area contributed by atoms with Crippen molar-refractivity contribution in [2.75, 3.05) is 19.3 Å². The number of likely N-dealkylation sites (tertiary alicyclic amines) is 1. The van der Waals surface area contributed by atoms with E-state index in [4.69, 9.17) is 0 Å². The van der Waals surface area contributed by atoms with Crippen LogP contribution in [-0.4, -0.2) is 38.6 Å². The Hall–Kier alpha value is -1.47. The van der Waals surface area contributed by atoms with Crippen LogP contribution in [0.1, 0.15) is 43.7 Å². The van der Waals surface area contributed by atoms with Crippen LogP contribution < -0.4 is 4.72 Å². The molecular formula is C16H23FN2O3S. The fraction of sp³-hybridized carbons (Fsp3) is 0.562. The summed E-state index contributed by atoms with van der Waals surface area (Å²) in [6.45, 7) is 1.43. The molecule has 0 unspecified atom stereocenters. The maximum atomic E-state index is 13.1. The van der Waals surface area contributed by atoms with Gasteiger partial charge < -0.3 is 4.90 Å². The van der Waals surface area contributed by atoms with Crippen molar-refractivity contribution in [3.05, 3.63) is 35.6 Å². The summed E-state index contributed by atoms with van der Waals surface area (Å²) in [5.41, 5.74) is 0.583. The summed E-state index contributed by atoms with van der Waals surface area (Å²) in [5.74, 6) is -0.469. The lowest BCUT2D eigenvalue weighted by Gasteiger charge is -2.24. The molecule has 0 aromatic heterocycles. The first kappa shape index (κ1) is 17.9. The molecule has 1 aliphatic heterocycles. The molecule has 7 heteroatoms. The second kappa shape index (κ2) is 7.88. The minimum absolute atomic E-state index is 0.0404. The molecule has 1 fully saturated rings. The Morgan fingerprint density at radius 2 is 1.74 bits per heavy atom. The number of hydrogen-bond donors (Lipinski definition) is 1. The average Bonchev–Trinajstić information content (AvgIpc) is 2.75. The highest BCUT2D eigenvalue weighted by atomic mass is 32.2. The Bertz CT molecular complexity index is 623. The molecule has 1 aromatic carbocycles. The van der Waals surface area contributed by atoms with Gasteiger partial charge in [-0.1, -0.05) is 25.0 Å². The molecular weight excluding hydrogens is 319 g/mol. The molecule has 1 N–H and O–H groups in total. The smallest absolute Gasteiger partial charge is 0.224 e. The summed E-state index contributed by atoms with van der Waals surface area (Å²) in [5, 5.41) is 0. The minimum atomic E-state index is -3.48. The van der Waals surface area contributed by atoms with Gasteiger partial charge in [0.05, 0.1) is 12.3 Å². The van der Waals surface area contributed by atoms with Crippen molar-refractivity contribution in [3.63, 3.8) is 0 Å². The van der Waals surface area contributed by atoms with E-state index < -0.39 is 21.9 Å². The van der Waals surface area contributed by atoms with E-state index in [0.717, 1.165) is 31.9 Å². The van der Waals surface area contributed by atoms with Gasteiger partial charge in [-0.2, -0.15) is 0 Å². The fourth-order valence-electron chi connectivity index (χ4n) is 2.80. The predicted octanol–water partition coefficient (Wildman–Crippen LogP) is 2.21. The van der Waals surface area contributed by atoms with Gasteiger partial charge in [-0.05, 0) is 30.5 Å². The van der Waals surface area contributed by atoms with Crippen molar-refractivity contribution >= 4 is 15.9 Å². The molecule has 2 rings (SSSR count). The summed E-state index contributed by atoms with van der Waals surface area (Å²) in [7, 11) is -3.48. The number of benzene rings is 1. The lowest BCUT2D eigenvalue weighted by atomic mass is 10.0. The number of nitrogens with one attached hydrogen (secondary N) is 1. The molecule has 5 nitrogen and oxygen atoms in total. The molecule has 0 radical (unpaired) electrons. The lowest BCUT2D eigenvalue weighted by Crippen LogP contribution is -2.36. The maximum absolute atomic E-state index is 13.1. The van der Waals surface area contributed by atoms with Crippen molar-refractivity contribution in [3.8, 4) is 0 Å². The zero-order chi connectivity index (χ0) is 16.9. The van der Waals surface area contributed by atoms with Crippen LogP contribution in [0.4, 0.5) is 4.39 Å². The molecule has 0 spiro atoms. The number of nitrogens with zero attached hydrogens (tertiary/aromatic N) is 1. The van der Waals surface area contributed by atoms with Crippen LogP contribution in [0.15, 0.2) is 24.3 Å². The molecule has 1 aromatic rings. The van der Waals surface area contributed by atoms with E-state index in [1.54, 1.807) is 4.90 Å². The highest BCUT2D eigenvalue weighted by Gasteiger charge is 2.23. The van der Waals surface area contributed by atoms with E-state index in [-0.39, 0.29) is 12.3 Å². The molecule has 23 heavy (non-hydrogen) atoms. The van der Waals surface area contributed by atoms with Crippen molar-refractivity contribution < 1.29 is 17.6 Å². The molecule has 0 aliphatic carbocycles. The first-order chi connectivity index (χ1) is 10.8. The van der Waals surface area contributed by atoms with Gasteiger partial charge in [0.1, 0.15) is 5.82 Å². The fourth-order valence-corrected chi connectivity index (χ4v) is 3.54. The molecule has 1 heterocycles. The second-order valence-electron chi connectivity index (χ2n) is 5.99. The summed E-state index contributed by atoms with van der Waals surface area (Å²) in [6, 6.07) is 4.87. The van der Waals surface area contributed by atoms with Gasteiger partial charge in [0.25, 0.3) is 0 Å². The Labute approximate surface area is 136 Å². The van der Waals surface area contributed by atoms with E-state index in [0.29, 0.717) is 18.7 Å². The van der Waals surface area contributed by atoms with E-state index in [1.807, 2.05) is 0 Å². The van der Waals surface area contributed by atoms with Crippen LogP contribution in [0.5, 0.6) is 0 Å². The molecule has 1 saturated heterocycles. The standard InChI is InChI=1S/C16H23FN2O3S/c1-23(21,22)18-15(13-6-8-14(17)9-7-13)12-16(20)19-10-4-2-3-5-11-19/h6-9,15,18H,2-5,10-12H2,1H3/t15-/m1/s1. The molecule has 0 saturated carbocycles. The summed E-state index contributed by atoms with van der Waals surface area (Å²) < 4.78 is 38.7. The van der Waals surface area contributed by atoms with Crippen LogP contribution in [0.3, 0.4) is 0 Å². The van der Waals surface area contributed by atoms with Crippen LogP contribution in [0.2, 0.25) is 0 Å². The Morgan fingerprint density at radius 1 is 1.17 bits per heavy atom. The van der Waals surface area contributed by atoms with Crippen molar-refractivity contribution in [2.24, 2.45) is 0 Å². The number of sulfonamides is 1. The number of carbonyl (C=O) groups is 1. The highest BCUT2D eigenvalue weighted by Crippen LogP contribution is 2.21. The average molecular weight is 342 g/mol. The van der Waals surface area contributed by atoms with Crippen molar-refractivity contribution in [2.45, 2.75) is 38.1 Å². The van der Waals surface area contributed by atoms with Gasteiger partial charge >= 0.3 is 0 Å². The van der Waals surface area contributed by atoms with Crippen LogP contribution in [0.25, 0.3) is 0 Å². The van der Waals surface area contributed by atoms with Crippen LogP contribution >= 0.6 is 0 Å². The quantitative estimate of drug-likeness (QED) is 0.892. The van der Waals surface area contributed by atoms with Crippen LogP contribution in [-0.2, 0) is 14.8 Å². The van der Waals surface area contributed by atoms with E-state index in [9.17, 15) is 17.6 Å². The maximum Gasteiger partial charge on any atom is 0.224 e. The van der Waals surface area contributed by atoms with Gasteiger partial charge in [-0.25, -0.2) is 17.5 Å². The third-order valence-corrected chi connectivity index (χ3v) is 4.68. The number of amides is 1. The van der Waals surface area contributed by atoms with Crippen molar-refractivity contribution in [1.82, 2.24) is 9.62 Å². The second-order valence-corrected chi connectivity index (χ2v) is 7.77. The van der Waals surface area contributed by atoms with E-state index >= 15 is 0 Å². The van der Waals surface area contributed by atoms with Gasteiger partial charge in [-0.3, -0.25) is 4.79 Å². The summed E-state index contributed by atoms with van der Waals surface area (Å²) in [4.78, 5) is 14.3. The van der Waals surface area contributed by atoms with Gasteiger partial charge in [0.15, 0.2) is 0 Å². The highest BCUT2D eigenvalue weighted by molar-refractivity contribution is 7.88. The number of rotatable bonds is 5. The number of hydrogen-bond acceptors (Lipinski definition) is 3. The molecule has 1 aliphatic rings. The zero-order valence-electron chi connectivity index (χ0n) is 13.3. The van der Waals surface area contributed by atoms with Gasteiger partial charge in [-0.15, -0.1) is 0 Å². The first-order valence-electron chi connectivity index (χ1n) is 7.86.